The van der Waals surface area contributed by atoms with Gasteiger partial charge in [0.15, 0.2) is 0 Å². The van der Waals surface area contributed by atoms with Crippen LogP contribution in [-0.4, -0.2) is 13.0 Å². The average molecular weight is 504 g/mol. The minimum absolute atomic E-state index is 0.00553. The maximum absolute atomic E-state index is 14.7. The molecule has 0 radical (unpaired) electrons. The van der Waals surface area contributed by atoms with E-state index in [1.807, 2.05) is 114 Å². The second kappa shape index (κ2) is 8.12. The van der Waals surface area contributed by atoms with E-state index in [0.717, 1.165) is 38.9 Å². The van der Waals surface area contributed by atoms with Crippen molar-refractivity contribution in [1.29, 1.82) is 0 Å². The topological polar surface area (TPSA) is 38.8 Å². The number of ether oxygens (including phenoxy) is 2. The van der Waals surface area contributed by atoms with E-state index in [1.165, 1.54) is 0 Å². The maximum atomic E-state index is 14.7. The summed E-state index contributed by atoms with van der Waals surface area (Å²) in [6, 6.07) is 35.1. The van der Waals surface area contributed by atoms with Crippen molar-refractivity contribution in [3.63, 3.8) is 0 Å². The van der Waals surface area contributed by atoms with Crippen LogP contribution in [0.2, 0.25) is 5.02 Å². The minimum Gasteiger partial charge on any atom is -0.496 e. The highest BCUT2D eigenvalue weighted by Gasteiger charge is 2.66. The molecule has 5 aromatic rings. The Balaban J connectivity index is 1.53. The Morgan fingerprint density at radius 3 is 2.00 bits per heavy atom. The van der Waals surface area contributed by atoms with Crippen LogP contribution in [0.4, 0.5) is 5.69 Å². The molecule has 1 unspecified atom stereocenters. The summed E-state index contributed by atoms with van der Waals surface area (Å²) in [6.07, 6.45) is 0. The van der Waals surface area contributed by atoms with Gasteiger partial charge in [0, 0.05) is 26.9 Å². The fourth-order valence-corrected chi connectivity index (χ4v) is 6.17. The zero-order chi connectivity index (χ0) is 25.1. The zero-order valence-electron chi connectivity index (χ0n) is 20.0. The van der Waals surface area contributed by atoms with E-state index < -0.39 is 5.41 Å². The van der Waals surface area contributed by atoms with Gasteiger partial charge in [0.05, 0.1) is 18.8 Å². The fraction of sp³-hybridized carbons (Fsp3) is 0.0938. The van der Waals surface area contributed by atoms with Gasteiger partial charge in [-0.15, -0.1) is 0 Å². The van der Waals surface area contributed by atoms with Crippen molar-refractivity contribution in [3.05, 3.63) is 131 Å². The third kappa shape index (κ3) is 2.93. The predicted molar refractivity (Wildman–Crippen MR) is 146 cm³/mol. The molecule has 1 atom stereocenters. The predicted octanol–water partition coefficient (Wildman–Crippen LogP) is 7.68. The van der Waals surface area contributed by atoms with E-state index in [4.69, 9.17) is 21.1 Å². The van der Waals surface area contributed by atoms with Gasteiger partial charge in [-0.1, -0.05) is 84.4 Å². The maximum Gasteiger partial charge on any atom is 0.245 e. The van der Waals surface area contributed by atoms with Crippen LogP contribution in [-0.2, 0) is 10.2 Å². The Hall–Kier alpha value is -4.28. The van der Waals surface area contributed by atoms with Gasteiger partial charge in [0.2, 0.25) is 5.91 Å². The number of benzene rings is 5. The van der Waals surface area contributed by atoms with Crippen molar-refractivity contribution in [2.45, 2.75) is 11.5 Å². The molecule has 0 aromatic heterocycles. The summed E-state index contributed by atoms with van der Waals surface area (Å²) in [5, 5.41) is 2.56. The van der Waals surface area contributed by atoms with Crippen LogP contribution in [0.15, 0.2) is 109 Å². The summed E-state index contributed by atoms with van der Waals surface area (Å²) in [6.45, 7) is 0. The summed E-state index contributed by atoms with van der Waals surface area (Å²) >= 11 is 6.30. The first-order valence-electron chi connectivity index (χ1n) is 12.2. The second-order valence-electron chi connectivity index (χ2n) is 9.36. The first-order chi connectivity index (χ1) is 18.1. The van der Waals surface area contributed by atoms with Gasteiger partial charge in [-0.3, -0.25) is 4.79 Å². The molecule has 37 heavy (non-hydrogen) atoms. The number of nitrogens with zero attached hydrogens (tertiary/aromatic N) is 1. The summed E-state index contributed by atoms with van der Waals surface area (Å²) in [4.78, 5) is 16.6. The molecule has 2 aliphatic heterocycles. The number of para-hydroxylation sites is 2. The summed E-state index contributed by atoms with van der Waals surface area (Å²) in [5.74, 6) is 2.18. The number of carbonyl (C=O) groups excluding carboxylic acids is 1. The molecule has 4 nitrogen and oxygen atoms in total. The molecule has 0 saturated carbocycles. The highest BCUT2D eigenvalue weighted by Crippen LogP contribution is 2.63. The molecule has 0 aliphatic carbocycles. The molecule has 0 N–H and O–H groups in total. The van der Waals surface area contributed by atoms with Crippen molar-refractivity contribution < 1.29 is 14.3 Å². The van der Waals surface area contributed by atoms with Crippen LogP contribution < -0.4 is 14.4 Å². The van der Waals surface area contributed by atoms with Gasteiger partial charge in [-0.25, -0.2) is 0 Å². The van der Waals surface area contributed by atoms with Gasteiger partial charge < -0.3 is 14.4 Å². The lowest BCUT2D eigenvalue weighted by Gasteiger charge is -2.58. The average Bonchev–Trinajstić information content (AvgIpc) is 2.95. The molecule has 180 valence electrons. The highest BCUT2D eigenvalue weighted by molar-refractivity contribution is 6.30. The summed E-state index contributed by atoms with van der Waals surface area (Å²) < 4.78 is 11.9. The Bertz CT molecular complexity index is 1650. The Kier molecular flexibility index (Phi) is 4.82. The first kappa shape index (κ1) is 22.0. The third-order valence-corrected chi connectivity index (χ3v) is 7.85. The number of methoxy groups -OCH3 is 1. The monoisotopic (exact) mass is 503 g/mol. The Labute approximate surface area is 219 Å². The van der Waals surface area contributed by atoms with Gasteiger partial charge in [0.25, 0.3) is 0 Å². The highest BCUT2D eigenvalue weighted by atomic mass is 35.5. The van der Waals surface area contributed by atoms with Crippen molar-refractivity contribution in [1.82, 2.24) is 0 Å². The molecule has 1 amide bonds. The summed E-state index contributed by atoms with van der Waals surface area (Å²) in [7, 11) is 1.66. The number of hydrogen-bond donors (Lipinski definition) is 0. The van der Waals surface area contributed by atoms with Crippen molar-refractivity contribution >= 4 is 34.0 Å². The lowest BCUT2D eigenvalue weighted by Crippen LogP contribution is -2.67. The number of β-lactam (4-membered cyclic amide) rings is 1. The first-order valence-corrected chi connectivity index (χ1v) is 12.5. The van der Waals surface area contributed by atoms with Gasteiger partial charge in [-0.2, -0.15) is 0 Å². The number of amides is 1. The zero-order valence-corrected chi connectivity index (χ0v) is 20.8. The molecule has 0 bridgehead atoms. The normalized spacial score (nSPS) is 17.1. The number of halogens is 1. The van der Waals surface area contributed by atoms with Crippen LogP contribution in [0.25, 0.3) is 10.8 Å². The Morgan fingerprint density at radius 1 is 0.757 bits per heavy atom. The molecule has 5 aromatic carbocycles. The molecule has 5 heteroatoms. The van der Waals surface area contributed by atoms with Crippen molar-refractivity contribution in [2.75, 3.05) is 12.0 Å². The van der Waals surface area contributed by atoms with E-state index >= 15 is 0 Å². The number of anilines is 1. The summed E-state index contributed by atoms with van der Waals surface area (Å²) in [5.41, 5.74) is 2.63. The van der Waals surface area contributed by atoms with E-state index in [-0.39, 0.29) is 11.9 Å². The van der Waals surface area contributed by atoms with E-state index in [0.29, 0.717) is 16.5 Å². The molecule has 7 rings (SSSR count). The van der Waals surface area contributed by atoms with Crippen molar-refractivity contribution in [3.8, 4) is 17.2 Å². The van der Waals surface area contributed by atoms with Gasteiger partial charge in [-0.05, 0) is 42.0 Å². The van der Waals surface area contributed by atoms with E-state index in [9.17, 15) is 4.79 Å². The van der Waals surface area contributed by atoms with Crippen molar-refractivity contribution in [2.24, 2.45) is 0 Å². The number of rotatable bonds is 3. The van der Waals surface area contributed by atoms with Crippen LogP contribution >= 0.6 is 11.6 Å². The van der Waals surface area contributed by atoms with Gasteiger partial charge >= 0.3 is 0 Å². The van der Waals surface area contributed by atoms with Crippen LogP contribution in [0.1, 0.15) is 22.7 Å². The number of hydrogen-bond acceptors (Lipinski definition) is 3. The SMILES string of the molecule is COc1ccc(N2C(=O)C3(c4ccccc4Oc4ccccc43)C2c2ccc(Cl)cc2)c2ccccc12. The molecule has 2 aliphatic rings. The fourth-order valence-electron chi connectivity index (χ4n) is 6.04. The van der Waals surface area contributed by atoms with E-state index in [2.05, 4.69) is 0 Å². The van der Waals surface area contributed by atoms with Crippen LogP contribution in [0, 0.1) is 0 Å². The smallest absolute Gasteiger partial charge is 0.245 e. The van der Waals surface area contributed by atoms with E-state index in [1.54, 1.807) is 7.11 Å². The minimum atomic E-state index is -0.944. The number of carbonyl (C=O) groups is 1. The number of fused-ring (bicyclic) bond motifs is 5. The largest absolute Gasteiger partial charge is 0.496 e. The second-order valence-corrected chi connectivity index (χ2v) is 9.80. The molecule has 1 saturated heterocycles. The van der Waals surface area contributed by atoms with Crippen LogP contribution in [0.5, 0.6) is 17.2 Å². The lowest BCUT2D eigenvalue weighted by atomic mass is 9.58. The molecule has 1 spiro atoms. The Morgan fingerprint density at radius 2 is 1.35 bits per heavy atom. The third-order valence-electron chi connectivity index (χ3n) is 7.59. The molecular formula is C32H22ClNO3. The standard InChI is InChI=1S/C32H22ClNO3/c1-36-27-19-18-26(22-8-2-3-9-23(22)27)34-30(20-14-16-21(33)17-15-20)32(31(34)35)24-10-4-6-12-28(24)37-29-13-7-5-11-25(29)32/h2-19,30H,1H3. The molecular weight excluding hydrogens is 482 g/mol. The van der Waals surface area contributed by atoms with Gasteiger partial charge in [0.1, 0.15) is 22.7 Å². The lowest BCUT2D eigenvalue weighted by molar-refractivity contribution is -0.131. The quantitative estimate of drug-likeness (QED) is 0.237. The van der Waals surface area contributed by atoms with Crippen LogP contribution in [0.3, 0.4) is 0 Å². The molecule has 1 fully saturated rings. The molecule has 2 heterocycles.